The van der Waals surface area contributed by atoms with Gasteiger partial charge in [-0.05, 0) is 6.26 Å². The number of rotatable bonds is 3. The number of esters is 1. The van der Waals surface area contributed by atoms with E-state index in [1.165, 1.54) is 18.9 Å². The standard InChI is InChI=1S/C8H13N3O2S/c1-11-4-10-7(14-3)6(11)5(9)8(12)13-2/h4-5H,9H2,1-3H3/p+1. The summed E-state index contributed by atoms with van der Waals surface area (Å²) in [4.78, 5) is 14.3. The fraction of sp³-hybridized carbons (Fsp3) is 0.500. The summed E-state index contributed by atoms with van der Waals surface area (Å²) in [5.74, 6) is -0.435. The van der Waals surface area contributed by atoms with Crippen molar-refractivity contribution in [3.05, 3.63) is 12.0 Å². The number of nitrogens with one attached hydrogen (secondary N) is 1. The van der Waals surface area contributed by atoms with Crippen molar-refractivity contribution in [3.8, 4) is 0 Å². The van der Waals surface area contributed by atoms with Crippen LogP contribution in [0.3, 0.4) is 0 Å². The van der Waals surface area contributed by atoms with Crippen LogP contribution in [0.4, 0.5) is 0 Å². The number of carbonyl (C=O) groups excluding carboxylic acids is 1. The second-order valence-corrected chi connectivity index (χ2v) is 3.62. The molecule has 14 heavy (non-hydrogen) atoms. The van der Waals surface area contributed by atoms with Gasteiger partial charge in [0.1, 0.15) is 0 Å². The monoisotopic (exact) mass is 216 g/mol. The molecular formula is C8H14N3O2S+. The molecule has 0 saturated heterocycles. The predicted molar refractivity (Wildman–Crippen MR) is 52.7 cm³/mol. The first-order chi connectivity index (χ1) is 6.61. The quantitative estimate of drug-likeness (QED) is 0.414. The Bertz CT molecular complexity index is 337. The minimum absolute atomic E-state index is 0.435. The molecule has 0 aliphatic rings. The van der Waals surface area contributed by atoms with Crippen molar-refractivity contribution in [2.45, 2.75) is 11.1 Å². The maximum atomic E-state index is 11.2. The van der Waals surface area contributed by atoms with E-state index < -0.39 is 12.0 Å². The Morgan fingerprint density at radius 3 is 2.93 bits per heavy atom. The molecule has 1 heterocycles. The zero-order chi connectivity index (χ0) is 10.7. The van der Waals surface area contributed by atoms with Gasteiger partial charge in [0.05, 0.1) is 14.2 Å². The number of nitrogens with zero attached hydrogens (tertiary/aromatic N) is 1. The van der Waals surface area contributed by atoms with Gasteiger partial charge < -0.3 is 10.5 Å². The Labute approximate surface area is 86.6 Å². The first kappa shape index (κ1) is 11.1. The van der Waals surface area contributed by atoms with Crippen molar-refractivity contribution < 1.29 is 14.1 Å². The summed E-state index contributed by atoms with van der Waals surface area (Å²) in [6, 6.07) is -0.737. The van der Waals surface area contributed by atoms with Crippen LogP contribution in [-0.4, -0.2) is 24.3 Å². The normalized spacial score (nSPS) is 12.6. The van der Waals surface area contributed by atoms with Gasteiger partial charge in [0.25, 0.3) is 0 Å². The van der Waals surface area contributed by atoms with E-state index in [4.69, 9.17) is 5.73 Å². The second kappa shape index (κ2) is 4.47. The fourth-order valence-corrected chi connectivity index (χ4v) is 1.87. The van der Waals surface area contributed by atoms with Crippen LogP contribution >= 0.6 is 11.8 Å². The lowest BCUT2D eigenvalue weighted by molar-refractivity contribution is -0.679. The van der Waals surface area contributed by atoms with Crippen molar-refractivity contribution in [1.29, 1.82) is 0 Å². The van der Waals surface area contributed by atoms with Crippen LogP contribution in [0, 0.1) is 0 Å². The van der Waals surface area contributed by atoms with E-state index in [-0.39, 0.29) is 0 Å². The van der Waals surface area contributed by atoms with Crippen LogP contribution in [0.15, 0.2) is 11.4 Å². The van der Waals surface area contributed by atoms with Gasteiger partial charge in [-0.1, -0.05) is 11.8 Å². The van der Waals surface area contributed by atoms with Crippen LogP contribution in [0.25, 0.3) is 0 Å². The molecule has 0 spiro atoms. The van der Waals surface area contributed by atoms with Crippen molar-refractivity contribution in [3.63, 3.8) is 0 Å². The van der Waals surface area contributed by atoms with Crippen LogP contribution in [0.1, 0.15) is 11.7 Å². The number of aromatic nitrogens is 2. The second-order valence-electron chi connectivity index (χ2n) is 2.80. The van der Waals surface area contributed by atoms with E-state index in [0.717, 1.165) is 10.7 Å². The highest BCUT2D eigenvalue weighted by Gasteiger charge is 2.28. The van der Waals surface area contributed by atoms with Gasteiger partial charge >= 0.3 is 5.97 Å². The Hall–Kier alpha value is -1.01. The summed E-state index contributed by atoms with van der Waals surface area (Å²) in [5, 5.41) is 0.880. The van der Waals surface area contributed by atoms with Crippen LogP contribution < -0.4 is 10.3 Å². The third-order valence-corrected chi connectivity index (χ3v) is 2.69. The average molecular weight is 216 g/mol. The van der Waals surface area contributed by atoms with Gasteiger partial charge in [0, 0.05) is 0 Å². The van der Waals surface area contributed by atoms with E-state index in [9.17, 15) is 4.79 Å². The molecule has 0 aliphatic heterocycles. The Morgan fingerprint density at radius 1 is 1.79 bits per heavy atom. The number of hydrogen-bond donors (Lipinski definition) is 2. The third-order valence-electron chi connectivity index (χ3n) is 1.96. The van der Waals surface area contributed by atoms with Gasteiger partial charge in [-0.3, -0.25) is 0 Å². The molecule has 3 N–H and O–H groups in total. The lowest BCUT2D eigenvalue weighted by Crippen LogP contribution is -2.38. The minimum Gasteiger partial charge on any atom is -0.467 e. The molecule has 1 atom stereocenters. The zero-order valence-electron chi connectivity index (χ0n) is 8.40. The maximum Gasteiger partial charge on any atom is 0.331 e. The molecule has 0 saturated carbocycles. The molecule has 0 radical (unpaired) electrons. The number of hydrogen-bond acceptors (Lipinski definition) is 4. The Balaban J connectivity index is 3.04. The average Bonchev–Trinajstić information content (AvgIpc) is 2.57. The summed E-state index contributed by atoms with van der Waals surface area (Å²) >= 11 is 1.51. The Kier molecular flexibility index (Phi) is 3.54. The zero-order valence-corrected chi connectivity index (χ0v) is 9.22. The Morgan fingerprint density at radius 2 is 2.43 bits per heavy atom. The number of aryl methyl sites for hydroxylation is 1. The molecule has 1 aromatic heterocycles. The van der Waals surface area contributed by atoms with Gasteiger partial charge in [-0.15, -0.1) is 0 Å². The van der Waals surface area contributed by atoms with Crippen molar-refractivity contribution in [2.75, 3.05) is 13.4 Å². The summed E-state index contributed by atoms with van der Waals surface area (Å²) < 4.78 is 6.38. The van der Waals surface area contributed by atoms with E-state index in [1.807, 2.05) is 13.3 Å². The summed E-state index contributed by atoms with van der Waals surface area (Å²) in [7, 11) is 3.15. The summed E-state index contributed by atoms with van der Waals surface area (Å²) in [5.41, 5.74) is 6.48. The van der Waals surface area contributed by atoms with Gasteiger partial charge in [-0.2, -0.15) is 0 Å². The molecule has 0 amide bonds. The SMILES string of the molecule is COC(=O)C(N)c1c(SC)[nH]c[n+]1C. The van der Waals surface area contributed by atoms with Crippen LogP contribution in [-0.2, 0) is 16.6 Å². The fourth-order valence-electron chi connectivity index (χ4n) is 1.22. The predicted octanol–water partition coefficient (Wildman–Crippen LogP) is -0.266. The topological polar surface area (TPSA) is 72.0 Å². The highest BCUT2D eigenvalue weighted by molar-refractivity contribution is 7.98. The maximum absolute atomic E-state index is 11.2. The molecule has 6 heteroatoms. The number of ether oxygens (including phenoxy) is 1. The van der Waals surface area contributed by atoms with E-state index in [1.54, 1.807) is 10.9 Å². The van der Waals surface area contributed by atoms with Crippen LogP contribution in [0.5, 0.6) is 0 Å². The number of imidazole rings is 1. The first-order valence-electron chi connectivity index (χ1n) is 4.06. The number of carbonyl (C=O) groups is 1. The third kappa shape index (κ3) is 1.91. The number of aromatic amines is 1. The molecule has 1 aromatic rings. The molecule has 0 aromatic carbocycles. The lowest BCUT2D eigenvalue weighted by Gasteiger charge is -2.06. The van der Waals surface area contributed by atoms with E-state index in [0.29, 0.717) is 0 Å². The highest BCUT2D eigenvalue weighted by atomic mass is 32.2. The molecule has 78 valence electrons. The van der Waals surface area contributed by atoms with Crippen molar-refractivity contribution in [1.82, 2.24) is 4.98 Å². The number of H-pyrrole nitrogens is 1. The molecule has 0 fully saturated rings. The van der Waals surface area contributed by atoms with Crippen molar-refractivity contribution in [2.24, 2.45) is 12.8 Å². The van der Waals surface area contributed by atoms with E-state index in [2.05, 4.69) is 9.72 Å². The minimum atomic E-state index is -0.737. The smallest absolute Gasteiger partial charge is 0.331 e. The van der Waals surface area contributed by atoms with E-state index >= 15 is 0 Å². The van der Waals surface area contributed by atoms with Gasteiger partial charge in [0.15, 0.2) is 11.7 Å². The highest BCUT2D eigenvalue weighted by Crippen LogP contribution is 2.19. The first-order valence-corrected chi connectivity index (χ1v) is 5.28. The molecule has 5 nitrogen and oxygen atoms in total. The van der Waals surface area contributed by atoms with Crippen molar-refractivity contribution >= 4 is 17.7 Å². The number of methoxy groups -OCH3 is 1. The lowest BCUT2D eigenvalue weighted by atomic mass is 10.2. The largest absolute Gasteiger partial charge is 0.467 e. The molecular weight excluding hydrogens is 202 g/mol. The van der Waals surface area contributed by atoms with Gasteiger partial charge in [-0.25, -0.2) is 14.3 Å². The molecule has 1 unspecified atom stereocenters. The van der Waals surface area contributed by atoms with Gasteiger partial charge in [0.2, 0.25) is 11.4 Å². The number of nitrogens with two attached hydrogens (primary N) is 1. The summed E-state index contributed by atoms with van der Waals surface area (Å²) in [6.07, 6.45) is 3.67. The van der Waals surface area contributed by atoms with Crippen LogP contribution in [0.2, 0.25) is 0 Å². The summed E-state index contributed by atoms with van der Waals surface area (Å²) in [6.45, 7) is 0. The molecule has 0 aliphatic carbocycles. The number of thioether (sulfide) groups is 1. The molecule has 1 rings (SSSR count). The molecule has 0 bridgehead atoms.